The Hall–Kier alpha value is -1.81. The zero-order valence-electron chi connectivity index (χ0n) is 9.25. The van der Waals surface area contributed by atoms with Crippen molar-refractivity contribution in [3.05, 3.63) is 53.4 Å². The summed E-state index contributed by atoms with van der Waals surface area (Å²) in [6, 6.07) is 5.42. The van der Waals surface area contributed by atoms with Crippen LogP contribution in [0.25, 0.3) is 0 Å². The number of hydrogen-bond donors (Lipinski definition) is 1. The first kappa shape index (κ1) is 10.7. The third kappa shape index (κ3) is 2.06. The number of aliphatic hydroxyl groups is 1. The van der Waals surface area contributed by atoms with Gasteiger partial charge in [-0.3, -0.25) is 15.0 Å². The molecule has 2 rings (SSSR count). The summed E-state index contributed by atoms with van der Waals surface area (Å²) in [5.41, 5.74) is 2.67. The van der Waals surface area contributed by atoms with Crippen molar-refractivity contribution in [1.29, 1.82) is 0 Å². The van der Waals surface area contributed by atoms with E-state index in [0.29, 0.717) is 11.4 Å². The van der Waals surface area contributed by atoms with E-state index >= 15 is 0 Å². The summed E-state index contributed by atoms with van der Waals surface area (Å²) in [6.07, 6.45) is 2.52. The first-order chi connectivity index (χ1) is 7.68. The van der Waals surface area contributed by atoms with Crippen molar-refractivity contribution >= 4 is 0 Å². The second-order valence-corrected chi connectivity index (χ2v) is 3.64. The SMILES string of the molecule is Cc1cnc(C)c(C(O)c2ccccn2)n1. The Bertz CT molecular complexity index is 485. The minimum atomic E-state index is -0.811. The number of rotatable bonds is 2. The van der Waals surface area contributed by atoms with Gasteiger partial charge in [-0.2, -0.15) is 0 Å². The van der Waals surface area contributed by atoms with Gasteiger partial charge in [-0.1, -0.05) is 6.07 Å². The molecule has 0 amide bonds. The molecule has 4 heteroatoms. The molecule has 16 heavy (non-hydrogen) atoms. The van der Waals surface area contributed by atoms with Crippen LogP contribution in [0.1, 0.15) is 28.9 Å². The van der Waals surface area contributed by atoms with Crippen LogP contribution in [-0.2, 0) is 0 Å². The molecule has 2 aromatic heterocycles. The molecule has 1 atom stereocenters. The fourth-order valence-electron chi connectivity index (χ4n) is 1.49. The topological polar surface area (TPSA) is 58.9 Å². The lowest BCUT2D eigenvalue weighted by molar-refractivity contribution is 0.208. The Labute approximate surface area is 94.0 Å². The van der Waals surface area contributed by atoms with Crippen molar-refractivity contribution < 1.29 is 5.11 Å². The van der Waals surface area contributed by atoms with Crippen LogP contribution in [0.4, 0.5) is 0 Å². The Morgan fingerprint density at radius 2 is 2.00 bits per heavy atom. The average Bonchev–Trinajstić information content (AvgIpc) is 2.32. The number of pyridine rings is 1. The standard InChI is InChI=1S/C12H13N3O/c1-8-7-14-9(2)11(15-8)12(16)10-5-3-4-6-13-10/h3-7,12,16H,1-2H3. The third-order valence-electron chi connectivity index (χ3n) is 2.34. The summed E-state index contributed by atoms with van der Waals surface area (Å²) in [7, 11) is 0. The van der Waals surface area contributed by atoms with Gasteiger partial charge in [0, 0.05) is 12.4 Å². The second kappa shape index (κ2) is 4.37. The quantitative estimate of drug-likeness (QED) is 0.826. The Morgan fingerprint density at radius 3 is 2.69 bits per heavy atom. The van der Waals surface area contributed by atoms with Crippen LogP contribution in [0.2, 0.25) is 0 Å². The molecule has 1 unspecified atom stereocenters. The van der Waals surface area contributed by atoms with E-state index in [0.717, 1.165) is 11.4 Å². The van der Waals surface area contributed by atoms with Crippen molar-refractivity contribution in [3.63, 3.8) is 0 Å². The Morgan fingerprint density at radius 1 is 1.19 bits per heavy atom. The van der Waals surface area contributed by atoms with Gasteiger partial charge in [0.15, 0.2) is 0 Å². The highest BCUT2D eigenvalue weighted by atomic mass is 16.3. The molecule has 1 N–H and O–H groups in total. The van der Waals surface area contributed by atoms with E-state index in [-0.39, 0.29) is 0 Å². The first-order valence-corrected chi connectivity index (χ1v) is 5.07. The molecule has 2 heterocycles. The monoisotopic (exact) mass is 215 g/mol. The second-order valence-electron chi connectivity index (χ2n) is 3.64. The number of aryl methyl sites for hydroxylation is 2. The zero-order valence-corrected chi connectivity index (χ0v) is 9.25. The van der Waals surface area contributed by atoms with Crippen molar-refractivity contribution in [3.8, 4) is 0 Å². The molecule has 0 saturated carbocycles. The fraction of sp³-hybridized carbons (Fsp3) is 0.250. The van der Waals surface area contributed by atoms with Gasteiger partial charge in [0.1, 0.15) is 6.10 Å². The van der Waals surface area contributed by atoms with Gasteiger partial charge >= 0.3 is 0 Å². The van der Waals surface area contributed by atoms with E-state index < -0.39 is 6.10 Å². The van der Waals surface area contributed by atoms with Crippen LogP contribution in [0.5, 0.6) is 0 Å². The smallest absolute Gasteiger partial charge is 0.140 e. The summed E-state index contributed by atoms with van der Waals surface area (Å²) < 4.78 is 0. The summed E-state index contributed by atoms with van der Waals surface area (Å²) in [6.45, 7) is 3.68. The van der Waals surface area contributed by atoms with Gasteiger partial charge in [0.05, 0.1) is 22.8 Å². The highest BCUT2D eigenvalue weighted by molar-refractivity contribution is 5.23. The maximum Gasteiger partial charge on any atom is 0.140 e. The van der Waals surface area contributed by atoms with E-state index in [1.54, 1.807) is 18.5 Å². The highest BCUT2D eigenvalue weighted by Gasteiger charge is 2.16. The molecule has 82 valence electrons. The molecule has 0 aliphatic carbocycles. The lowest BCUT2D eigenvalue weighted by atomic mass is 10.1. The third-order valence-corrected chi connectivity index (χ3v) is 2.34. The first-order valence-electron chi connectivity index (χ1n) is 5.07. The van der Waals surface area contributed by atoms with E-state index in [4.69, 9.17) is 0 Å². The Kier molecular flexibility index (Phi) is 2.92. The van der Waals surface area contributed by atoms with Crippen LogP contribution < -0.4 is 0 Å². The lowest BCUT2D eigenvalue weighted by Crippen LogP contribution is -2.08. The Balaban J connectivity index is 2.41. The predicted octanol–water partition coefficient (Wildman–Crippen LogP) is 1.57. The normalized spacial score (nSPS) is 12.4. The molecule has 2 aromatic rings. The molecule has 0 fully saturated rings. The maximum absolute atomic E-state index is 10.1. The summed E-state index contributed by atoms with van der Waals surface area (Å²) in [5.74, 6) is 0. The van der Waals surface area contributed by atoms with Gasteiger partial charge in [0.2, 0.25) is 0 Å². The van der Waals surface area contributed by atoms with Gasteiger partial charge in [0.25, 0.3) is 0 Å². The van der Waals surface area contributed by atoms with E-state index in [1.807, 2.05) is 26.0 Å². The van der Waals surface area contributed by atoms with E-state index in [2.05, 4.69) is 15.0 Å². The molecular weight excluding hydrogens is 202 g/mol. The molecule has 0 aromatic carbocycles. The predicted molar refractivity (Wildman–Crippen MR) is 59.8 cm³/mol. The zero-order chi connectivity index (χ0) is 11.5. The van der Waals surface area contributed by atoms with Crippen LogP contribution in [0.15, 0.2) is 30.6 Å². The van der Waals surface area contributed by atoms with Crippen molar-refractivity contribution in [1.82, 2.24) is 15.0 Å². The summed E-state index contributed by atoms with van der Waals surface area (Å²) in [5, 5.41) is 10.1. The van der Waals surface area contributed by atoms with E-state index in [1.165, 1.54) is 0 Å². The average molecular weight is 215 g/mol. The molecule has 0 bridgehead atoms. The van der Waals surface area contributed by atoms with Gasteiger partial charge < -0.3 is 5.11 Å². The molecular formula is C12H13N3O. The minimum Gasteiger partial charge on any atom is -0.380 e. The fourth-order valence-corrected chi connectivity index (χ4v) is 1.49. The summed E-state index contributed by atoms with van der Waals surface area (Å²) in [4.78, 5) is 12.6. The van der Waals surface area contributed by atoms with Crippen LogP contribution in [0, 0.1) is 13.8 Å². The van der Waals surface area contributed by atoms with Gasteiger partial charge in [-0.25, -0.2) is 0 Å². The number of aliphatic hydroxyl groups excluding tert-OH is 1. The maximum atomic E-state index is 10.1. The van der Waals surface area contributed by atoms with Crippen LogP contribution in [0.3, 0.4) is 0 Å². The number of nitrogens with zero attached hydrogens (tertiary/aromatic N) is 3. The molecule has 0 saturated heterocycles. The van der Waals surface area contributed by atoms with Gasteiger partial charge in [-0.15, -0.1) is 0 Å². The van der Waals surface area contributed by atoms with Crippen molar-refractivity contribution in [2.24, 2.45) is 0 Å². The van der Waals surface area contributed by atoms with E-state index in [9.17, 15) is 5.11 Å². The van der Waals surface area contributed by atoms with Crippen molar-refractivity contribution in [2.45, 2.75) is 20.0 Å². The summed E-state index contributed by atoms with van der Waals surface area (Å²) >= 11 is 0. The molecule has 0 spiro atoms. The number of aromatic nitrogens is 3. The number of hydrogen-bond acceptors (Lipinski definition) is 4. The molecule has 0 radical (unpaired) electrons. The minimum absolute atomic E-state index is 0.568. The van der Waals surface area contributed by atoms with Crippen molar-refractivity contribution in [2.75, 3.05) is 0 Å². The molecule has 4 nitrogen and oxygen atoms in total. The molecule has 0 aliphatic rings. The molecule has 0 aliphatic heterocycles. The lowest BCUT2D eigenvalue weighted by Gasteiger charge is -2.11. The highest BCUT2D eigenvalue weighted by Crippen LogP contribution is 2.19. The van der Waals surface area contributed by atoms with Crippen LogP contribution >= 0.6 is 0 Å². The van der Waals surface area contributed by atoms with Crippen LogP contribution in [-0.4, -0.2) is 20.1 Å². The largest absolute Gasteiger partial charge is 0.380 e. The van der Waals surface area contributed by atoms with Gasteiger partial charge in [-0.05, 0) is 26.0 Å².